The summed E-state index contributed by atoms with van der Waals surface area (Å²) >= 11 is 0. The fourth-order valence-electron chi connectivity index (χ4n) is 3.48. The maximum atomic E-state index is 5.42. The molecule has 2 heterocycles. The molecule has 0 aliphatic carbocycles. The van der Waals surface area contributed by atoms with Gasteiger partial charge in [0, 0.05) is 26.6 Å². The van der Waals surface area contributed by atoms with Gasteiger partial charge in [-0.3, -0.25) is 4.99 Å². The van der Waals surface area contributed by atoms with Crippen LogP contribution in [0.25, 0.3) is 0 Å². The van der Waals surface area contributed by atoms with Crippen molar-refractivity contribution >= 4 is 29.9 Å². The number of hydrogen-bond donors (Lipinski definition) is 2. The van der Waals surface area contributed by atoms with Crippen LogP contribution in [0.1, 0.15) is 36.5 Å². The summed E-state index contributed by atoms with van der Waals surface area (Å²) in [4.78, 5) is 4.30. The number of aryl methyl sites for hydroxylation is 1. The van der Waals surface area contributed by atoms with Gasteiger partial charge < -0.3 is 29.4 Å². The SMILES string of the molecule is CN=C(NCc1cc(OC)c(OC)c(OC)c1)NCc1nnc2n1CCCCC2.I. The minimum atomic E-state index is 0. The summed E-state index contributed by atoms with van der Waals surface area (Å²) in [5.41, 5.74) is 0.985. The molecule has 1 aromatic carbocycles. The first-order valence-electron chi connectivity index (χ1n) is 9.84. The molecule has 0 unspecified atom stereocenters. The van der Waals surface area contributed by atoms with Crippen molar-refractivity contribution in [3.8, 4) is 17.2 Å². The molecule has 0 radical (unpaired) electrons. The highest BCUT2D eigenvalue weighted by Gasteiger charge is 2.15. The van der Waals surface area contributed by atoms with Crippen LogP contribution in [0.2, 0.25) is 0 Å². The van der Waals surface area contributed by atoms with E-state index in [4.69, 9.17) is 14.2 Å². The van der Waals surface area contributed by atoms with E-state index in [2.05, 4.69) is 30.4 Å². The molecule has 0 spiro atoms. The molecule has 1 aliphatic heterocycles. The number of aromatic nitrogens is 3. The minimum Gasteiger partial charge on any atom is -0.493 e. The molecule has 0 atom stereocenters. The Balaban J connectivity index is 0.00000320. The van der Waals surface area contributed by atoms with Crippen molar-refractivity contribution < 1.29 is 14.2 Å². The summed E-state index contributed by atoms with van der Waals surface area (Å²) in [5, 5.41) is 15.3. The van der Waals surface area contributed by atoms with Gasteiger partial charge >= 0.3 is 0 Å². The number of nitrogens with one attached hydrogen (secondary N) is 2. The fourth-order valence-corrected chi connectivity index (χ4v) is 3.48. The number of fused-ring (bicyclic) bond motifs is 1. The molecule has 1 aliphatic rings. The van der Waals surface area contributed by atoms with Crippen LogP contribution >= 0.6 is 24.0 Å². The summed E-state index contributed by atoms with van der Waals surface area (Å²) in [5.74, 6) is 4.53. The number of aliphatic imine (C=N–C) groups is 1. The Morgan fingerprint density at radius 3 is 2.33 bits per heavy atom. The smallest absolute Gasteiger partial charge is 0.203 e. The van der Waals surface area contributed by atoms with Crippen LogP contribution < -0.4 is 24.8 Å². The highest BCUT2D eigenvalue weighted by atomic mass is 127. The third kappa shape index (κ3) is 5.67. The van der Waals surface area contributed by atoms with Crippen LogP contribution in [-0.4, -0.2) is 49.1 Å². The first-order valence-corrected chi connectivity index (χ1v) is 9.84. The Hall–Kier alpha value is -2.24. The maximum Gasteiger partial charge on any atom is 0.203 e. The highest BCUT2D eigenvalue weighted by molar-refractivity contribution is 14.0. The van der Waals surface area contributed by atoms with E-state index >= 15 is 0 Å². The third-order valence-electron chi connectivity index (χ3n) is 5.01. The molecule has 3 rings (SSSR count). The summed E-state index contributed by atoms with van der Waals surface area (Å²) < 4.78 is 18.4. The van der Waals surface area contributed by atoms with Crippen molar-refractivity contribution in [2.45, 2.75) is 45.3 Å². The van der Waals surface area contributed by atoms with Gasteiger partial charge in [-0.15, -0.1) is 34.2 Å². The van der Waals surface area contributed by atoms with Gasteiger partial charge in [0.05, 0.1) is 27.9 Å². The monoisotopic (exact) mass is 530 g/mol. The molecule has 10 heteroatoms. The van der Waals surface area contributed by atoms with Gasteiger partial charge in [-0.05, 0) is 30.5 Å². The molecule has 0 saturated heterocycles. The van der Waals surface area contributed by atoms with Crippen molar-refractivity contribution in [2.24, 2.45) is 4.99 Å². The average Bonchev–Trinajstić information content (AvgIpc) is 2.98. The predicted molar refractivity (Wildman–Crippen MR) is 126 cm³/mol. The first kappa shape index (κ1) is 24.0. The lowest BCUT2D eigenvalue weighted by Crippen LogP contribution is -2.37. The number of ether oxygens (including phenoxy) is 3. The Kier molecular flexibility index (Phi) is 9.47. The van der Waals surface area contributed by atoms with Crippen LogP contribution in [0.3, 0.4) is 0 Å². The molecule has 9 nitrogen and oxygen atoms in total. The third-order valence-corrected chi connectivity index (χ3v) is 5.01. The molecular formula is C20H31IN6O3. The van der Waals surface area contributed by atoms with Crippen LogP contribution in [0.15, 0.2) is 17.1 Å². The van der Waals surface area contributed by atoms with Gasteiger partial charge in [0.2, 0.25) is 5.75 Å². The van der Waals surface area contributed by atoms with Crippen LogP contribution in [0.4, 0.5) is 0 Å². The van der Waals surface area contributed by atoms with E-state index in [9.17, 15) is 0 Å². The van der Waals surface area contributed by atoms with E-state index < -0.39 is 0 Å². The van der Waals surface area contributed by atoms with Gasteiger partial charge in [0.25, 0.3) is 0 Å². The lowest BCUT2D eigenvalue weighted by Gasteiger charge is -2.16. The van der Waals surface area contributed by atoms with E-state index in [1.807, 2.05) is 12.1 Å². The molecule has 166 valence electrons. The molecule has 30 heavy (non-hydrogen) atoms. The van der Waals surface area contributed by atoms with Gasteiger partial charge in [-0.1, -0.05) is 6.42 Å². The van der Waals surface area contributed by atoms with E-state index in [0.29, 0.717) is 36.3 Å². The predicted octanol–water partition coefficient (Wildman–Crippen LogP) is 2.51. The van der Waals surface area contributed by atoms with Crippen LogP contribution in [-0.2, 0) is 26.1 Å². The fraction of sp³-hybridized carbons (Fsp3) is 0.550. The van der Waals surface area contributed by atoms with E-state index in [0.717, 1.165) is 30.2 Å². The molecule has 0 amide bonds. The number of hydrogen-bond acceptors (Lipinski definition) is 6. The van der Waals surface area contributed by atoms with Crippen molar-refractivity contribution in [1.29, 1.82) is 0 Å². The molecule has 2 aromatic rings. The number of guanidine groups is 1. The minimum absolute atomic E-state index is 0. The second kappa shape index (κ2) is 11.8. The summed E-state index contributed by atoms with van der Waals surface area (Å²) in [6.45, 7) is 2.10. The van der Waals surface area contributed by atoms with Gasteiger partial charge in [0.1, 0.15) is 5.82 Å². The zero-order valence-electron chi connectivity index (χ0n) is 18.0. The van der Waals surface area contributed by atoms with Crippen LogP contribution in [0.5, 0.6) is 17.2 Å². The second-order valence-electron chi connectivity index (χ2n) is 6.81. The quantitative estimate of drug-likeness (QED) is 0.323. The summed E-state index contributed by atoms with van der Waals surface area (Å²) in [7, 11) is 6.55. The summed E-state index contributed by atoms with van der Waals surface area (Å²) in [6, 6.07) is 3.83. The number of halogens is 1. The zero-order valence-corrected chi connectivity index (χ0v) is 20.4. The Morgan fingerprint density at radius 2 is 1.70 bits per heavy atom. The van der Waals surface area contributed by atoms with Crippen molar-refractivity contribution in [1.82, 2.24) is 25.4 Å². The van der Waals surface area contributed by atoms with E-state index in [-0.39, 0.29) is 24.0 Å². The largest absolute Gasteiger partial charge is 0.493 e. The van der Waals surface area contributed by atoms with Crippen molar-refractivity contribution in [2.75, 3.05) is 28.4 Å². The Bertz CT molecular complexity index is 830. The number of methoxy groups -OCH3 is 3. The zero-order chi connectivity index (χ0) is 20.6. The molecular weight excluding hydrogens is 499 g/mol. The second-order valence-corrected chi connectivity index (χ2v) is 6.81. The van der Waals surface area contributed by atoms with Crippen molar-refractivity contribution in [3.63, 3.8) is 0 Å². The van der Waals surface area contributed by atoms with Crippen molar-refractivity contribution in [3.05, 3.63) is 29.3 Å². The molecule has 0 bridgehead atoms. The average molecular weight is 530 g/mol. The van der Waals surface area contributed by atoms with Gasteiger partial charge in [-0.25, -0.2) is 0 Å². The van der Waals surface area contributed by atoms with E-state index in [1.165, 1.54) is 19.3 Å². The Labute approximate surface area is 194 Å². The molecule has 0 saturated carbocycles. The number of nitrogens with zero attached hydrogens (tertiary/aromatic N) is 4. The number of rotatable bonds is 7. The first-order chi connectivity index (χ1) is 14.2. The molecule has 2 N–H and O–H groups in total. The maximum absolute atomic E-state index is 5.42. The standard InChI is InChI=1S/C20H30N6O3.HI/c1-21-20(23-13-18-25-24-17-8-6-5-7-9-26(17)18)22-12-14-10-15(27-2)19(29-4)16(11-14)28-3;/h10-11H,5-9,12-13H2,1-4H3,(H2,21,22,23);1H. The van der Waals surface area contributed by atoms with E-state index in [1.54, 1.807) is 28.4 Å². The topological polar surface area (TPSA) is 94.8 Å². The van der Waals surface area contributed by atoms with Gasteiger partial charge in [0.15, 0.2) is 23.3 Å². The van der Waals surface area contributed by atoms with Gasteiger partial charge in [-0.2, -0.15) is 0 Å². The lowest BCUT2D eigenvalue weighted by molar-refractivity contribution is 0.323. The molecule has 1 aromatic heterocycles. The number of benzene rings is 1. The normalized spacial score (nSPS) is 13.5. The highest BCUT2D eigenvalue weighted by Crippen LogP contribution is 2.38. The lowest BCUT2D eigenvalue weighted by atomic mass is 10.2. The van der Waals surface area contributed by atoms with Crippen LogP contribution in [0, 0.1) is 0 Å². The Morgan fingerprint density at radius 1 is 1.00 bits per heavy atom. The summed E-state index contributed by atoms with van der Waals surface area (Å²) in [6.07, 6.45) is 4.60. The molecule has 0 fully saturated rings.